The zero-order valence-corrected chi connectivity index (χ0v) is 11.9. The molecule has 2 N–H and O–H groups in total. The molecule has 0 aliphatic carbocycles. The zero-order chi connectivity index (χ0) is 16.5. The first-order chi connectivity index (χ1) is 10.4. The van der Waals surface area contributed by atoms with Crippen LogP contribution in [0.1, 0.15) is 6.23 Å². The fourth-order valence-corrected chi connectivity index (χ4v) is 2.13. The number of ether oxygens (including phenoxy) is 1. The summed E-state index contributed by atoms with van der Waals surface area (Å²) in [5.41, 5.74) is 5.50. The minimum Gasteiger partial charge on any atom is -0.393 e. The van der Waals surface area contributed by atoms with E-state index in [4.69, 9.17) is 10.3 Å². The summed E-state index contributed by atoms with van der Waals surface area (Å²) in [7, 11) is 3.36. The van der Waals surface area contributed by atoms with Crippen molar-refractivity contribution in [3.8, 4) is 0 Å². The maximum absolute atomic E-state index is 14.2. The zero-order valence-electron chi connectivity index (χ0n) is 11.9. The second kappa shape index (κ2) is 5.89. The first-order valence-electron chi connectivity index (χ1n) is 6.30. The Labute approximate surface area is 124 Å². The number of azide groups is 1. The maximum atomic E-state index is 14.2. The van der Waals surface area contributed by atoms with Crippen LogP contribution in [-0.2, 0) is 4.74 Å². The van der Waals surface area contributed by atoms with Crippen LogP contribution in [-0.4, -0.2) is 58.5 Å². The summed E-state index contributed by atoms with van der Waals surface area (Å²) >= 11 is 0. The Balaban J connectivity index is 2.42. The van der Waals surface area contributed by atoms with Crippen molar-refractivity contribution >= 4 is 5.82 Å². The van der Waals surface area contributed by atoms with E-state index in [1.807, 2.05) is 0 Å². The molecule has 1 aliphatic rings. The molecule has 11 heteroatoms. The number of aliphatic hydroxyl groups excluding tert-OH is 2. The van der Waals surface area contributed by atoms with Crippen LogP contribution >= 0.6 is 0 Å². The topological polar surface area (TPSA) is 137 Å². The minimum absolute atomic E-state index is 0.360. The van der Waals surface area contributed by atoms with Crippen LogP contribution in [0.4, 0.5) is 10.2 Å². The van der Waals surface area contributed by atoms with Gasteiger partial charge in [-0.25, -0.2) is 9.18 Å². The van der Waals surface area contributed by atoms with Crippen molar-refractivity contribution in [3.05, 3.63) is 33.2 Å². The van der Waals surface area contributed by atoms with Gasteiger partial charge in [0.05, 0.1) is 6.61 Å². The average Bonchev–Trinajstić information content (AvgIpc) is 2.73. The van der Waals surface area contributed by atoms with Crippen LogP contribution in [0.25, 0.3) is 10.4 Å². The number of hydrogen-bond acceptors (Lipinski definition) is 7. The van der Waals surface area contributed by atoms with Gasteiger partial charge in [0.25, 0.3) is 0 Å². The van der Waals surface area contributed by atoms with E-state index in [1.54, 1.807) is 19.0 Å². The highest BCUT2D eigenvalue weighted by Crippen LogP contribution is 2.39. The molecule has 120 valence electrons. The van der Waals surface area contributed by atoms with Gasteiger partial charge in [0.1, 0.15) is 11.9 Å². The summed E-state index contributed by atoms with van der Waals surface area (Å²) < 4.78 is 20.2. The summed E-state index contributed by atoms with van der Waals surface area (Å²) in [4.78, 5) is 19.7. The van der Waals surface area contributed by atoms with Gasteiger partial charge in [0.15, 0.2) is 12.4 Å². The number of aromatic nitrogens is 2. The molecule has 0 bridgehead atoms. The van der Waals surface area contributed by atoms with Gasteiger partial charge in [-0.1, -0.05) is 5.11 Å². The van der Waals surface area contributed by atoms with E-state index in [2.05, 4.69) is 15.0 Å². The molecule has 1 fully saturated rings. The van der Waals surface area contributed by atoms with Crippen LogP contribution < -0.4 is 10.6 Å². The van der Waals surface area contributed by atoms with Gasteiger partial charge in [-0.05, 0) is 11.6 Å². The summed E-state index contributed by atoms with van der Waals surface area (Å²) in [6, 6.07) is 1.45. The van der Waals surface area contributed by atoms with Crippen molar-refractivity contribution < 1.29 is 19.3 Å². The molecular formula is C11H15FN6O4. The van der Waals surface area contributed by atoms with Crippen molar-refractivity contribution in [2.45, 2.75) is 24.2 Å². The van der Waals surface area contributed by atoms with Crippen molar-refractivity contribution in [3.63, 3.8) is 0 Å². The number of rotatable bonds is 4. The Morgan fingerprint density at radius 1 is 1.68 bits per heavy atom. The highest BCUT2D eigenvalue weighted by Gasteiger charge is 2.56. The maximum Gasteiger partial charge on any atom is 0.351 e. The second-order valence-electron chi connectivity index (χ2n) is 4.96. The Bertz CT molecular complexity index is 660. The van der Waals surface area contributed by atoms with E-state index in [-0.39, 0.29) is 0 Å². The number of anilines is 1. The van der Waals surface area contributed by atoms with Crippen LogP contribution in [0.5, 0.6) is 0 Å². The summed E-state index contributed by atoms with van der Waals surface area (Å²) in [5, 5.41) is 22.2. The lowest BCUT2D eigenvalue weighted by atomic mass is 10.1. The van der Waals surface area contributed by atoms with E-state index in [1.165, 1.54) is 12.3 Å². The fraction of sp³-hybridized carbons (Fsp3) is 0.636. The third kappa shape index (κ3) is 2.50. The van der Waals surface area contributed by atoms with E-state index in [0.29, 0.717) is 5.82 Å². The van der Waals surface area contributed by atoms with Gasteiger partial charge in [-0.15, -0.1) is 0 Å². The molecule has 10 nitrogen and oxygen atoms in total. The molecule has 1 aliphatic heterocycles. The van der Waals surface area contributed by atoms with Crippen molar-refractivity contribution in [2.24, 2.45) is 5.11 Å². The summed E-state index contributed by atoms with van der Waals surface area (Å²) in [6.07, 6.45) is -4.32. The molecule has 2 rings (SSSR count). The van der Waals surface area contributed by atoms with Gasteiger partial charge < -0.3 is 19.8 Å². The van der Waals surface area contributed by atoms with Crippen molar-refractivity contribution in [1.29, 1.82) is 0 Å². The Hall–Kier alpha value is -2.20. The monoisotopic (exact) mass is 314 g/mol. The summed E-state index contributed by atoms with van der Waals surface area (Å²) in [6.45, 7) is -0.937. The first kappa shape index (κ1) is 16.2. The van der Waals surface area contributed by atoms with Gasteiger partial charge in [-0.2, -0.15) is 4.98 Å². The Morgan fingerprint density at radius 3 is 2.86 bits per heavy atom. The lowest BCUT2D eigenvalue weighted by Crippen LogP contribution is -2.43. The predicted octanol–water partition coefficient (Wildman–Crippen LogP) is -0.464. The van der Waals surface area contributed by atoms with E-state index < -0.39 is 36.5 Å². The Morgan fingerprint density at radius 2 is 2.36 bits per heavy atom. The molecule has 1 saturated heterocycles. The molecular weight excluding hydrogens is 299 g/mol. The fourth-order valence-electron chi connectivity index (χ4n) is 2.13. The van der Waals surface area contributed by atoms with Gasteiger partial charge in [0, 0.05) is 25.2 Å². The lowest BCUT2D eigenvalue weighted by molar-refractivity contribution is -0.124. The highest BCUT2D eigenvalue weighted by atomic mass is 19.1. The highest BCUT2D eigenvalue weighted by molar-refractivity contribution is 5.33. The third-order valence-electron chi connectivity index (χ3n) is 3.35. The Kier molecular flexibility index (Phi) is 4.33. The van der Waals surface area contributed by atoms with E-state index in [0.717, 1.165) is 4.57 Å². The van der Waals surface area contributed by atoms with Gasteiger partial charge in [-0.3, -0.25) is 4.57 Å². The molecule has 0 aromatic carbocycles. The number of alkyl halides is 1. The quantitative estimate of drug-likeness (QED) is 0.438. The molecule has 4 atom stereocenters. The SMILES string of the molecule is CN(C)c1ccn([C@@H]2O[C@@](CO)(N=[N+]=[N-])C(O)[C@@H]2F)c(=O)n1. The first-order valence-corrected chi connectivity index (χ1v) is 6.30. The van der Waals surface area contributed by atoms with Gasteiger partial charge in [0.2, 0.25) is 5.72 Å². The van der Waals surface area contributed by atoms with Crippen LogP contribution in [0.2, 0.25) is 0 Å². The molecule has 22 heavy (non-hydrogen) atoms. The van der Waals surface area contributed by atoms with Crippen molar-refractivity contribution in [2.75, 3.05) is 25.6 Å². The minimum atomic E-state index is -2.18. The lowest BCUT2D eigenvalue weighted by Gasteiger charge is -2.23. The standard InChI is InChI=1S/C11H15FN6O4/c1-17(2)6-3-4-18(10(21)14-6)9-7(12)8(20)11(5-19,22-9)15-16-13/h3-4,7-9,19-20H,5H2,1-2H3/t7-,8?,9+,11+/m0/s1. The number of aliphatic hydroxyl groups is 2. The normalized spacial score (nSPS) is 30.9. The van der Waals surface area contributed by atoms with E-state index >= 15 is 0 Å². The molecule has 1 aromatic heterocycles. The number of halogens is 1. The van der Waals surface area contributed by atoms with Gasteiger partial charge >= 0.3 is 5.69 Å². The van der Waals surface area contributed by atoms with Crippen LogP contribution in [0.3, 0.4) is 0 Å². The smallest absolute Gasteiger partial charge is 0.351 e. The third-order valence-corrected chi connectivity index (χ3v) is 3.35. The predicted molar refractivity (Wildman–Crippen MR) is 72.8 cm³/mol. The number of nitrogens with zero attached hydrogens (tertiary/aromatic N) is 6. The van der Waals surface area contributed by atoms with Crippen LogP contribution in [0.15, 0.2) is 22.2 Å². The number of hydrogen-bond donors (Lipinski definition) is 2. The molecule has 0 amide bonds. The second-order valence-corrected chi connectivity index (χ2v) is 4.96. The summed E-state index contributed by atoms with van der Waals surface area (Å²) in [5.74, 6) is 0.360. The molecule has 0 radical (unpaired) electrons. The largest absolute Gasteiger partial charge is 0.393 e. The molecule has 2 heterocycles. The van der Waals surface area contributed by atoms with E-state index in [9.17, 15) is 19.4 Å². The van der Waals surface area contributed by atoms with Crippen molar-refractivity contribution in [1.82, 2.24) is 9.55 Å². The molecule has 1 aromatic rings. The average molecular weight is 314 g/mol. The van der Waals surface area contributed by atoms with Crippen LogP contribution in [0, 0.1) is 0 Å². The molecule has 0 saturated carbocycles. The molecule has 1 unspecified atom stereocenters. The molecule has 0 spiro atoms.